The summed E-state index contributed by atoms with van der Waals surface area (Å²) in [6.45, 7) is 4.56. The van der Waals surface area contributed by atoms with Crippen LogP contribution in [-0.2, 0) is 11.3 Å². The van der Waals surface area contributed by atoms with Crippen LogP contribution in [0.5, 0.6) is 0 Å². The molecule has 1 aliphatic rings. The second kappa shape index (κ2) is 8.06. The van der Waals surface area contributed by atoms with Crippen molar-refractivity contribution in [1.82, 2.24) is 25.0 Å². The van der Waals surface area contributed by atoms with Crippen molar-refractivity contribution in [2.45, 2.75) is 44.8 Å². The number of rotatable bonds is 6. The monoisotopic (exact) mass is 327 g/mol. The van der Waals surface area contributed by atoms with Crippen LogP contribution in [0, 0.1) is 0 Å². The zero-order valence-corrected chi connectivity index (χ0v) is 14.1. The normalized spacial score (nSPS) is 19.8. The molecule has 1 fully saturated rings. The summed E-state index contributed by atoms with van der Waals surface area (Å²) >= 11 is 0. The van der Waals surface area contributed by atoms with Gasteiger partial charge in [0.2, 0.25) is 5.91 Å². The minimum atomic E-state index is -0.335. The SMILES string of the molecule is CC(C(=O)NCC1CCCCN1Cc1ccccc1)n1cncn1. The molecule has 0 bridgehead atoms. The number of likely N-dealkylation sites (tertiary alicyclic amines) is 1. The Morgan fingerprint density at radius 2 is 2.17 bits per heavy atom. The van der Waals surface area contributed by atoms with E-state index >= 15 is 0 Å². The fourth-order valence-electron chi connectivity index (χ4n) is 3.22. The molecule has 0 spiro atoms. The van der Waals surface area contributed by atoms with Gasteiger partial charge in [0.25, 0.3) is 0 Å². The summed E-state index contributed by atoms with van der Waals surface area (Å²) < 4.78 is 1.58. The fourth-order valence-corrected chi connectivity index (χ4v) is 3.22. The Labute approximate surface area is 142 Å². The van der Waals surface area contributed by atoms with Crippen LogP contribution in [0.25, 0.3) is 0 Å². The maximum Gasteiger partial charge on any atom is 0.244 e. The van der Waals surface area contributed by atoms with Crippen molar-refractivity contribution in [1.29, 1.82) is 0 Å². The van der Waals surface area contributed by atoms with Crippen molar-refractivity contribution in [2.24, 2.45) is 0 Å². The molecule has 1 amide bonds. The molecular weight excluding hydrogens is 302 g/mol. The van der Waals surface area contributed by atoms with E-state index in [0.29, 0.717) is 12.6 Å². The molecule has 0 aliphatic carbocycles. The summed E-state index contributed by atoms with van der Waals surface area (Å²) in [6.07, 6.45) is 6.61. The molecule has 6 nitrogen and oxygen atoms in total. The van der Waals surface area contributed by atoms with Crippen LogP contribution in [-0.4, -0.2) is 44.7 Å². The highest BCUT2D eigenvalue weighted by Gasteiger charge is 2.24. The van der Waals surface area contributed by atoms with Crippen LogP contribution >= 0.6 is 0 Å². The van der Waals surface area contributed by atoms with Gasteiger partial charge in [-0.05, 0) is 31.9 Å². The number of amides is 1. The average Bonchev–Trinajstić information content (AvgIpc) is 3.15. The first-order valence-corrected chi connectivity index (χ1v) is 8.64. The second-order valence-corrected chi connectivity index (χ2v) is 6.40. The summed E-state index contributed by atoms with van der Waals surface area (Å²) in [7, 11) is 0. The minimum Gasteiger partial charge on any atom is -0.353 e. The molecule has 128 valence electrons. The van der Waals surface area contributed by atoms with E-state index in [1.165, 1.54) is 24.7 Å². The lowest BCUT2D eigenvalue weighted by atomic mass is 10.0. The third-order valence-electron chi connectivity index (χ3n) is 4.70. The zero-order chi connectivity index (χ0) is 16.8. The Bertz CT molecular complexity index is 628. The Balaban J connectivity index is 1.55. The molecule has 1 saturated heterocycles. The van der Waals surface area contributed by atoms with Gasteiger partial charge < -0.3 is 5.32 Å². The van der Waals surface area contributed by atoms with E-state index in [1.807, 2.05) is 13.0 Å². The molecule has 1 aliphatic heterocycles. The van der Waals surface area contributed by atoms with Crippen molar-refractivity contribution >= 4 is 5.91 Å². The van der Waals surface area contributed by atoms with Gasteiger partial charge in [0.05, 0.1) is 0 Å². The molecule has 1 aromatic carbocycles. The Morgan fingerprint density at radius 3 is 2.92 bits per heavy atom. The Morgan fingerprint density at radius 1 is 1.33 bits per heavy atom. The lowest BCUT2D eigenvalue weighted by Gasteiger charge is -2.36. The number of carbonyl (C=O) groups is 1. The molecule has 3 rings (SSSR count). The number of nitrogens with one attached hydrogen (secondary N) is 1. The summed E-state index contributed by atoms with van der Waals surface area (Å²) in [5.41, 5.74) is 1.33. The van der Waals surface area contributed by atoms with Gasteiger partial charge in [0.15, 0.2) is 0 Å². The largest absolute Gasteiger partial charge is 0.353 e. The molecule has 6 heteroatoms. The Hall–Kier alpha value is -2.21. The van der Waals surface area contributed by atoms with Crippen molar-refractivity contribution < 1.29 is 4.79 Å². The maximum absolute atomic E-state index is 12.3. The van der Waals surface area contributed by atoms with Crippen molar-refractivity contribution in [3.05, 3.63) is 48.5 Å². The van der Waals surface area contributed by atoms with Crippen LogP contribution in [0.15, 0.2) is 43.0 Å². The van der Waals surface area contributed by atoms with Crippen molar-refractivity contribution in [3.63, 3.8) is 0 Å². The predicted octanol–water partition coefficient (Wildman–Crippen LogP) is 2.01. The van der Waals surface area contributed by atoms with Gasteiger partial charge in [0, 0.05) is 19.1 Å². The number of aromatic nitrogens is 3. The molecule has 0 saturated carbocycles. The molecule has 2 atom stereocenters. The highest BCUT2D eigenvalue weighted by molar-refractivity contribution is 5.79. The lowest BCUT2D eigenvalue weighted by molar-refractivity contribution is -0.124. The van der Waals surface area contributed by atoms with E-state index in [-0.39, 0.29) is 11.9 Å². The summed E-state index contributed by atoms with van der Waals surface area (Å²) in [5.74, 6) is -0.00858. The lowest BCUT2D eigenvalue weighted by Crippen LogP contribution is -2.47. The van der Waals surface area contributed by atoms with Gasteiger partial charge in [0.1, 0.15) is 18.7 Å². The standard InChI is InChI=1S/C18H25N5O/c1-15(23-14-19-13-21-23)18(24)20-11-17-9-5-6-10-22(17)12-16-7-3-2-4-8-16/h2-4,7-8,13-15,17H,5-6,9-12H2,1H3,(H,20,24). The van der Waals surface area contributed by atoms with Crippen LogP contribution in [0.4, 0.5) is 0 Å². The van der Waals surface area contributed by atoms with Gasteiger partial charge >= 0.3 is 0 Å². The highest BCUT2D eigenvalue weighted by Crippen LogP contribution is 2.19. The van der Waals surface area contributed by atoms with Crippen LogP contribution in [0.3, 0.4) is 0 Å². The van der Waals surface area contributed by atoms with Crippen LogP contribution in [0.2, 0.25) is 0 Å². The molecule has 24 heavy (non-hydrogen) atoms. The van der Waals surface area contributed by atoms with Crippen molar-refractivity contribution in [2.75, 3.05) is 13.1 Å². The van der Waals surface area contributed by atoms with E-state index in [4.69, 9.17) is 0 Å². The van der Waals surface area contributed by atoms with E-state index < -0.39 is 0 Å². The number of hydrogen-bond acceptors (Lipinski definition) is 4. The molecule has 0 radical (unpaired) electrons. The maximum atomic E-state index is 12.3. The quantitative estimate of drug-likeness (QED) is 0.881. The van der Waals surface area contributed by atoms with E-state index in [1.54, 1.807) is 11.0 Å². The zero-order valence-electron chi connectivity index (χ0n) is 14.1. The first kappa shape index (κ1) is 16.6. The van der Waals surface area contributed by atoms with Crippen LogP contribution in [0.1, 0.15) is 37.8 Å². The topological polar surface area (TPSA) is 63.1 Å². The smallest absolute Gasteiger partial charge is 0.244 e. The Kier molecular flexibility index (Phi) is 5.59. The summed E-state index contributed by atoms with van der Waals surface area (Å²) in [6, 6.07) is 10.6. The fraction of sp³-hybridized carbons (Fsp3) is 0.500. The first-order chi connectivity index (χ1) is 11.7. The molecule has 2 aromatic rings. The summed E-state index contributed by atoms with van der Waals surface area (Å²) in [5, 5.41) is 7.12. The molecular formula is C18H25N5O. The van der Waals surface area contributed by atoms with Gasteiger partial charge in [-0.2, -0.15) is 5.10 Å². The molecule has 2 heterocycles. The van der Waals surface area contributed by atoms with Gasteiger partial charge in [-0.15, -0.1) is 0 Å². The minimum absolute atomic E-state index is 0.00858. The van der Waals surface area contributed by atoms with E-state index in [9.17, 15) is 4.79 Å². The number of benzene rings is 1. The average molecular weight is 327 g/mol. The van der Waals surface area contributed by atoms with Gasteiger partial charge in [-0.1, -0.05) is 36.8 Å². The van der Waals surface area contributed by atoms with Gasteiger partial charge in [-0.25, -0.2) is 9.67 Å². The third kappa shape index (κ3) is 4.20. The second-order valence-electron chi connectivity index (χ2n) is 6.40. The first-order valence-electron chi connectivity index (χ1n) is 8.64. The number of nitrogens with zero attached hydrogens (tertiary/aromatic N) is 4. The molecule has 2 unspecified atom stereocenters. The third-order valence-corrected chi connectivity index (χ3v) is 4.70. The van der Waals surface area contributed by atoms with Crippen LogP contribution < -0.4 is 5.32 Å². The highest BCUT2D eigenvalue weighted by atomic mass is 16.2. The predicted molar refractivity (Wildman–Crippen MR) is 92.2 cm³/mol. The van der Waals surface area contributed by atoms with E-state index in [2.05, 4.69) is 44.6 Å². The number of carbonyl (C=O) groups excluding carboxylic acids is 1. The molecule has 1 aromatic heterocycles. The van der Waals surface area contributed by atoms with Crippen molar-refractivity contribution in [3.8, 4) is 0 Å². The number of hydrogen-bond donors (Lipinski definition) is 1. The van der Waals surface area contributed by atoms with E-state index in [0.717, 1.165) is 19.5 Å². The number of piperidine rings is 1. The summed E-state index contributed by atoms with van der Waals surface area (Å²) in [4.78, 5) is 18.7. The molecule has 1 N–H and O–H groups in total. The van der Waals surface area contributed by atoms with Gasteiger partial charge in [-0.3, -0.25) is 9.69 Å².